The summed E-state index contributed by atoms with van der Waals surface area (Å²) in [5.74, 6) is 0. The fourth-order valence-electron chi connectivity index (χ4n) is 1.88. The molecule has 0 unspecified atom stereocenters. The second kappa shape index (κ2) is 7.34. The second-order valence-corrected chi connectivity index (χ2v) is 3.73. The van der Waals surface area contributed by atoms with E-state index in [1.165, 1.54) is 32.5 Å². The minimum Gasteiger partial charge on any atom is -0.332 e. The van der Waals surface area contributed by atoms with Crippen molar-refractivity contribution in [3.05, 3.63) is 0 Å². The van der Waals surface area contributed by atoms with Crippen molar-refractivity contribution in [1.29, 1.82) is 0 Å². The highest BCUT2D eigenvalue weighted by Crippen LogP contribution is 2.09. The van der Waals surface area contributed by atoms with Crippen LogP contribution in [0.5, 0.6) is 0 Å². The van der Waals surface area contributed by atoms with Gasteiger partial charge in [0.15, 0.2) is 6.73 Å². The first-order chi connectivity index (χ1) is 6.24. The molecule has 0 aromatic carbocycles. The molecule has 0 bridgehead atoms. The Bertz CT molecular complexity index is 109. The van der Waals surface area contributed by atoms with E-state index >= 15 is 0 Å². The zero-order valence-electron chi connectivity index (χ0n) is 9.81. The Morgan fingerprint density at radius 3 is 1.77 bits per heavy atom. The molecule has 80 valence electrons. The zero-order valence-corrected chi connectivity index (χ0v) is 9.81. The molecule has 0 heterocycles. The van der Waals surface area contributed by atoms with Gasteiger partial charge >= 0.3 is 0 Å². The van der Waals surface area contributed by atoms with E-state index in [2.05, 4.69) is 27.7 Å². The predicted molar refractivity (Wildman–Crippen MR) is 57.6 cm³/mol. The Morgan fingerprint density at radius 2 is 1.46 bits per heavy atom. The first-order valence-corrected chi connectivity index (χ1v) is 5.67. The highest BCUT2D eigenvalue weighted by atomic mass is 16.5. The van der Waals surface area contributed by atoms with Gasteiger partial charge in [-0.05, 0) is 26.7 Å². The lowest BCUT2D eigenvalue weighted by molar-refractivity contribution is -0.944. The molecular weight excluding hydrogens is 162 g/mol. The van der Waals surface area contributed by atoms with E-state index in [-0.39, 0.29) is 0 Å². The second-order valence-electron chi connectivity index (χ2n) is 3.73. The Balaban J connectivity index is 4.07. The third-order valence-corrected chi connectivity index (χ3v) is 2.64. The molecule has 0 spiro atoms. The van der Waals surface area contributed by atoms with Gasteiger partial charge in [0.25, 0.3) is 0 Å². The number of rotatable bonds is 8. The van der Waals surface area contributed by atoms with E-state index in [0.717, 1.165) is 17.8 Å². The monoisotopic (exact) mass is 188 g/mol. The van der Waals surface area contributed by atoms with E-state index in [1.54, 1.807) is 0 Å². The van der Waals surface area contributed by atoms with Crippen LogP contribution >= 0.6 is 0 Å². The van der Waals surface area contributed by atoms with Gasteiger partial charge in [0.2, 0.25) is 0 Å². The highest BCUT2D eigenvalue weighted by Gasteiger charge is 2.22. The minimum atomic E-state index is 0.841. The Morgan fingerprint density at radius 1 is 0.923 bits per heavy atom. The van der Waals surface area contributed by atoms with Crippen molar-refractivity contribution < 1.29 is 9.22 Å². The quantitative estimate of drug-likeness (QED) is 0.420. The van der Waals surface area contributed by atoms with Gasteiger partial charge in [0.1, 0.15) is 0 Å². The lowest BCUT2D eigenvalue weighted by Gasteiger charge is -2.36. The average Bonchev–Trinajstić information content (AvgIpc) is 2.15. The summed E-state index contributed by atoms with van der Waals surface area (Å²) < 4.78 is 6.71. The number of quaternary nitrogens is 1. The van der Waals surface area contributed by atoms with Crippen molar-refractivity contribution in [3.63, 3.8) is 0 Å². The van der Waals surface area contributed by atoms with Gasteiger partial charge in [-0.15, -0.1) is 0 Å². The average molecular weight is 188 g/mol. The summed E-state index contributed by atoms with van der Waals surface area (Å²) in [6.07, 6.45) is 2.50. The lowest BCUT2D eigenvalue weighted by atomic mass is 10.3. The van der Waals surface area contributed by atoms with Gasteiger partial charge in [-0.25, -0.2) is 0 Å². The maximum absolute atomic E-state index is 5.57. The molecule has 0 fully saturated rings. The number of ether oxygens (including phenoxy) is 1. The Kier molecular flexibility index (Phi) is 7.29. The molecule has 0 saturated heterocycles. The molecule has 2 heteroatoms. The molecule has 0 radical (unpaired) electrons. The van der Waals surface area contributed by atoms with E-state index in [9.17, 15) is 0 Å². The fourth-order valence-corrected chi connectivity index (χ4v) is 1.88. The molecule has 0 rings (SSSR count). The van der Waals surface area contributed by atoms with Crippen LogP contribution in [0.25, 0.3) is 0 Å². The number of nitrogens with zero attached hydrogens (tertiary/aromatic N) is 1. The topological polar surface area (TPSA) is 9.23 Å². The Hall–Kier alpha value is -0.0800. The summed E-state index contributed by atoms with van der Waals surface area (Å²) in [5, 5.41) is 0. The van der Waals surface area contributed by atoms with Crippen LogP contribution in [0.15, 0.2) is 0 Å². The van der Waals surface area contributed by atoms with Gasteiger partial charge < -0.3 is 9.22 Å². The molecule has 0 N–H and O–H groups in total. The number of hydrogen-bond donors (Lipinski definition) is 0. The van der Waals surface area contributed by atoms with E-state index in [1.807, 2.05) is 0 Å². The van der Waals surface area contributed by atoms with Gasteiger partial charge in [0.05, 0.1) is 19.6 Å². The summed E-state index contributed by atoms with van der Waals surface area (Å²) in [5.41, 5.74) is 0. The smallest absolute Gasteiger partial charge is 0.183 e. The third kappa shape index (κ3) is 4.63. The van der Waals surface area contributed by atoms with Crippen LogP contribution in [0.1, 0.15) is 40.5 Å². The van der Waals surface area contributed by atoms with Gasteiger partial charge in [-0.1, -0.05) is 13.8 Å². The van der Waals surface area contributed by atoms with Crippen LogP contribution in [0, 0.1) is 0 Å². The standard InChI is InChI=1S/C11H26NO/c1-5-9-12(7-3,10-6-2)11-13-8-4/h5-11H2,1-4H3/q+1. The summed E-state index contributed by atoms with van der Waals surface area (Å²) in [6.45, 7) is 14.3. The third-order valence-electron chi connectivity index (χ3n) is 2.64. The van der Waals surface area contributed by atoms with Crippen LogP contribution in [-0.4, -0.2) is 37.5 Å². The molecule has 0 atom stereocenters. The predicted octanol–water partition coefficient (Wildman–Crippen LogP) is 2.64. The van der Waals surface area contributed by atoms with E-state index < -0.39 is 0 Å². The zero-order chi connectivity index (χ0) is 10.2. The van der Waals surface area contributed by atoms with E-state index in [4.69, 9.17) is 4.74 Å². The van der Waals surface area contributed by atoms with Crippen LogP contribution < -0.4 is 0 Å². The maximum Gasteiger partial charge on any atom is 0.183 e. The molecule has 0 aliphatic rings. The summed E-state index contributed by atoms with van der Waals surface area (Å²) in [4.78, 5) is 0. The van der Waals surface area contributed by atoms with Gasteiger partial charge in [0, 0.05) is 6.61 Å². The van der Waals surface area contributed by atoms with Crippen LogP contribution in [0.3, 0.4) is 0 Å². The largest absolute Gasteiger partial charge is 0.332 e. The molecule has 0 aromatic rings. The summed E-state index contributed by atoms with van der Waals surface area (Å²) >= 11 is 0. The number of hydrogen-bond acceptors (Lipinski definition) is 1. The first kappa shape index (κ1) is 12.9. The highest BCUT2D eigenvalue weighted by molar-refractivity contribution is 4.37. The first-order valence-electron chi connectivity index (χ1n) is 5.67. The molecule has 0 aliphatic carbocycles. The van der Waals surface area contributed by atoms with Crippen molar-refractivity contribution in [2.75, 3.05) is 33.0 Å². The molecule has 13 heavy (non-hydrogen) atoms. The van der Waals surface area contributed by atoms with E-state index in [0.29, 0.717) is 0 Å². The van der Waals surface area contributed by atoms with Gasteiger partial charge in [-0.3, -0.25) is 0 Å². The SMILES string of the molecule is CCC[N+](CC)(CCC)COCC. The molecule has 0 aliphatic heterocycles. The minimum absolute atomic E-state index is 0.841. The van der Waals surface area contributed by atoms with Crippen LogP contribution in [0.4, 0.5) is 0 Å². The molecule has 0 saturated carbocycles. The van der Waals surface area contributed by atoms with Gasteiger partial charge in [-0.2, -0.15) is 0 Å². The van der Waals surface area contributed by atoms with Crippen LogP contribution in [0.2, 0.25) is 0 Å². The maximum atomic E-state index is 5.57. The normalized spacial score (nSPS) is 12.0. The van der Waals surface area contributed by atoms with Crippen molar-refractivity contribution in [1.82, 2.24) is 0 Å². The Labute approximate surface area is 83.5 Å². The molecule has 0 aromatic heterocycles. The lowest BCUT2D eigenvalue weighted by Crippen LogP contribution is -2.50. The fraction of sp³-hybridized carbons (Fsp3) is 1.00. The van der Waals surface area contributed by atoms with Crippen LogP contribution in [-0.2, 0) is 4.74 Å². The summed E-state index contributed by atoms with van der Waals surface area (Å²) in [7, 11) is 0. The van der Waals surface area contributed by atoms with Crippen molar-refractivity contribution in [3.8, 4) is 0 Å². The molecule has 2 nitrogen and oxygen atoms in total. The van der Waals surface area contributed by atoms with Crippen molar-refractivity contribution in [2.24, 2.45) is 0 Å². The van der Waals surface area contributed by atoms with Crippen molar-refractivity contribution >= 4 is 0 Å². The summed E-state index contributed by atoms with van der Waals surface area (Å²) in [6, 6.07) is 0. The van der Waals surface area contributed by atoms with Crippen molar-refractivity contribution in [2.45, 2.75) is 40.5 Å². The molecule has 0 amide bonds. The molecular formula is C11H26NO+.